The summed E-state index contributed by atoms with van der Waals surface area (Å²) in [6, 6.07) is 7.92. The van der Waals surface area contributed by atoms with Crippen molar-refractivity contribution < 1.29 is 14.6 Å². The molecule has 24 heavy (non-hydrogen) atoms. The van der Waals surface area contributed by atoms with E-state index in [1.54, 1.807) is 6.07 Å². The Morgan fingerprint density at radius 3 is 2.33 bits per heavy atom. The van der Waals surface area contributed by atoms with E-state index in [1.165, 1.54) is 29.2 Å². The van der Waals surface area contributed by atoms with E-state index in [0.29, 0.717) is 18.7 Å². The molecule has 0 radical (unpaired) electrons. The summed E-state index contributed by atoms with van der Waals surface area (Å²) in [4.78, 5) is 34.8. The van der Waals surface area contributed by atoms with Crippen LogP contribution in [-0.2, 0) is 6.42 Å². The maximum Gasteiger partial charge on any atom is 0.271 e. The van der Waals surface area contributed by atoms with Gasteiger partial charge in [-0.05, 0) is 18.1 Å². The fourth-order valence-electron chi connectivity index (χ4n) is 2.63. The molecule has 3 rings (SSSR count). The molecule has 0 unspecified atom stereocenters. The van der Waals surface area contributed by atoms with Gasteiger partial charge in [-0.3, -0.25) is 25.0 Å². The van der Waals surface area contributed by atoms with Gasteiger partial charge in [0.1, 0.15) is 0 Å². The van der Waals surface area contributed by atoms with Gasteiger partial charge in [0.2, 0.25) is 0 Å². The van der Waals surface area contributed by atoms with E-state index in [2.05, 4.69) is 0 Å². The van der Waals surface area contributed by atoms with E-state index in [1.807, 2.05) is 0 Å². The molecule has 0 aromatic heterocycles. The zero-order valence-corrected chi connectivity index (χ0v) is 12.9. The second kappa shape index (κ2) is 5.89. The third-order valence-corrected chi connectivity index (χ3v) is 4.14. The third-order valence-electron chi connectivity index (χ3n) is 3.81. The zero-order valence-electron chi connectivity index (χ0n) is 12.1. The largest absolute Gasteiger partial charge is 0.307 e. The summed E-state index contributed by atoms with van der Waals surface area (Å²) in [5, 5.41) is 21.9. The molecule has 2 aromatic rings. The first kappa shape index (κ1) is 15.9. The Labute approximate surface area is 140 Å². The van der Waals surface area contributed by atoms with E-state index < -0.39 is 15.8 Å². The average molecular weight is 348 g/mol. The molecule has 8 nitrogen and oxygen atoms in total. The molecule has 1 aliphatic heterocycles. The maximum atomic E-state index is 12.7. The molecular formula is C15H10ClN3O5. The van der Waals surface area contributed by atoms with Crippen LogP contribution < -0.4 is 4.90 Å². The summed E-state index contributed by atoms with van der Waals surface area (Å²) >= 11 is 6.00. The number of anilines is 1. The van der Waals surface area contributed by atoms with Gasteiger partial charge in [-0.15, -0.1) is 0 Å². The Morgan fingerprint density at radius 1 is 1.04 bits per heavy atom. The first-order valence-electron chi connectivity index (χ1n) is 6.91. The molecule has 0 aliphatic carbocycles. The Bertz CT molecular complexity index is 883. The summed E-state index contributed by atoms with van der Waals surface area (Å²) < 4.78 is 0. The van der Waals surface area contributed by atoms with Gasteiger partial charge in [0, 0.05) is 30.8 Å². The number of fused-ring (bicyclic) bond motifs is 1. The normalized spacial score (nSPS) is 12.8. The lowest BCUT2D eigenvalue weighted by atomic mass is 10.1. The molecule has 2 aromatic carbocycles. The molecule has 0 N–H and O–H groups in total. The average Bonchev–Trinajstić information content (AvgIpc) is 2.97. The first-order chi connectivity index (χ1) is 11.4. The number of nitrogens with zero attached hydrogens (tertiary/aromatic N) is 3. The molecule has 1 aliphatic rings. The number of hydrogen-bond donors (Lipinski definition) is 0. The van der Waals surface area contributed by atoms with Crippen molar-refractivity contribution in [3.8, 4) is 0 Å². The van der Waals surface area contributed by atoms with E-state index in [-0.39, 0.29) is 22.0 Å². The van der Waals surface area contributed by atoms with Crippen LogP contribution in [0.5, 0.6) is 0 Å². The van der Waals surface area contributed by atoms with Crippen molar-refractivity contribution in [2.45, 2.75) is 6.42 Å². The maximum absolute atomic E-state index is 12.7. The molecule has 122 valence electrons. The predicted molar refractivity (Wildman–Crippen MR) is 86.6 cm³/mol. The number of carbonyl (C=O) groups is 1. The Morgan fingerprint density at radius 2 is 1.67 bits per heavy atom. The highest BCUT2D eigenvalue weighted by Gasteiger charge is 2.29. The number of non-ortho nitro benzene ring substituents is 2. The van der Waals surface area contributed by atoms with Gasteiger partial charge in [0.05, 0.1) is 26.1 Å². The lowest BCUT2D eigenvalue weighted by Gasteiger charge is -2.17. The number of hydrogen-bond acceptors (Lipinski definition) is 5. The van der Waals surface area contributed by atoms with Gasteiger partial charge in [0.15, 0.2) is 0 Å². The summed E-state index contributed by atoms with van der Waals surface area (Å²) in [5.41, 5.74) is 0.845. The molecular weight excluding hydrogens is 338 g/mol. The van der Waals surface area contributed by atoms with Crippen molar-refractivity contribution in [3.05, 3.63) is 72.8 Å². The van der Waals surface area contributed by atoms with Crippen LogP contribution in [0.4, 0.5) is 17.1 Å². The van der Waals surface area contributed by atoms with Crippen molar-refractivity contribution in [1.29, 1.82) is 0 Å². The number of halogens is 1. The van der Waals surface area contributed by atoms with Gasteiger partial charge >= 0.3 is 0 Å². The van der Waals surface area contributed by atoms with Crippen LogP contribution in [0.15, 0.2) is 36.4 Å². The van der Waals surface area contributed by atoms with E-state index >= 15 is 0 Å². The standard InChI is InChI=1S/C15H10ClN3O5/c16-13-4-3-10(18(21)22)7-12(13)15(20)17-6-5-9-1-2-11(19(23)24)8-14(9)17/h1-4,7-8H,5-6H2. The smallest absolute Gasteiger partial charge is 0.271 e. The Kier molecular flexibility index (Phi) is 3.90. The van der Waals surface area contributed by atoms with Crippen LogP contribution in [0.1, 0.15) is 15.9 Å². The van der Waals surface area contributed by atoms with Crippen LogP contribution in [-0.4, -0.2) is 22.3 Å². The van der Waals surface area contributed by atoms with Crippen molar-refractivity contribution in [2.24, 2.45) is 0 Å². The number of nitro benzene ring substituents is 2. The minimum absolute atomic E-state index is 0.00905. The molecule has 1 amide bonds. The van der Waals surface area contributed by atoms with Crippen LogP contribution >= 0.6 is 11.6 Å². The summed E-state index contributed by atoms with van der Waals surface area (Å²) in [6.45, 7) is 0.328. The fourth-order valence-corrected chi connectivity index (χ4v) is 2.83. The topological polar surface area (TPSA) is 107 Å². The SMILES string of the molecule is O=C(c1cc([N+](=O)[O-])ccc1Cl)N1CCc2ccc([N+](=O)[O-])cc21. The minimum Gasteiger partial charge on any atom is -0.307 e. The lowest BCUT2D eigenvalue weighted by Crippen LogP contribution is -2.29. The van der Waals surface area contributed by atoms with Gasteiger partial charge in [-0.25, -0.2) is 0 Å². The van der Waals surface area contributed by atoms with Crippen LogP contribution in [0.2, 0.25) is 5.02 Å². The second-order valence-electron chi connectivity index (χ2n) is 5.20. The molecule has 0 spiro atoms. The fraction of sp³-hybridized carbons (Fsp3) is 0.133. The summed E-state index contributed by atoms with van der Waals surface area (Å²) in [6.07, 6.45) is 0.547. The lowest BCUT2D eigenvalue weighted by molar-refractivity contribution is -0.385. The molecule has 0 saturated carbocycles. The third kappa shape index (κ3) is 2.67. The molecule has 9 heteroatoms. The number of carbonyl (C=O) groups excluding carboxylic acids is 1. The van der Waals surface area contributed by atoms with Gasteiger partial charge in [-0.1, -0.05) is 17.7 Å². The highest BCUT2D eigenvalue weighted by Crippen LogP contribution is 2.34. The highest BCUT2D eigenvalue weighted by molar-refractivity contribution is 6.34. The van der Waals surface area contributed by atoms with Crippen molar-refractivity contribution in [3.63, 3.8) is 0 Å². The van der Waals surface area contributed by atoms with E-state index in [9.17, 15) is 25.0 Å². The predicted octanol–water partition coefficient (Wildman–Crippen LogP) is 3.36. The summed E-state index contributed by atoms with van der Waals surface area (Å²) in [5.74, 6) is -0.525. The van der Waals surface area contributed by atoms with Crippen LogP contribution in [0, 0.1) is 20.2 Å². The monoisotopic (exact) mass is 347 g/mol. The van der Waals surface area contributed by atoms with Gasteiger partial charge in [-0.2, -0.15) is 0 Å². The van der Waals surface area contributed by atoms with Crippen molar-refractivity contribution >= 4 is 34.6 Å². The summed E-state index contributed by atoms with van der Waals surface area (Å²) in [7, 11) is 0. The van der Waals surface area contributed by atoms with Crippen LogP contribution in [0.3, 0.4) is 0 Å². The number of benzene rings is 2. The van der Waals surface area contributed by atoms with E-state index in [0.717, 1.165) is 11.6 Å². The second-order valence-corrected chi connectivity index (χ2v) is 5.61. The Hall–Kier alpha value is -3.00. The number of rotatable bonds is 3. The number of nitro groups is 2. The molecule has 1 heterocycles. The molecule has 0 saturated heterocycles. The quantitative estimate of drug-likeness (QED) is 0.625. The zero-order chi connectivity index (χ0) is 17.4. The minimum atomic E-state index is -0.615. The number of amides is 1. The van der Waals surface area contributed by atoms with Gasteiger partial charge in [0.25, 0.3) is 17.3 Å². The highest BCUT2D eigenvalue weighted by atomic mass is 35.5. The Balaban J connectivity index is 2.02. The first-order valence-corrected chi connectivity index (χ1v) is 7.29. The molecule has 0 fully saturated rings. The molecule has 0 bridgehead atoms. The molecule has 0 atom stereocenters. The van der Waals surface area contributed by atoms with Crippen molar-refractivity contribution in [2.75, 3.05) is 11.4 Å². The van der Waals surface area contributed by atoms with Crippen molar-refractivity contribution in [1.82, 2.24) is 0 Å². The van der Waals surface area contributed by atoms with E-state index in [4.69, 9.17) is 11.6 Å². The van der Waals surface area contributed by atoms with Crippen LogP contribution in [0.25, 0.3) is 0 Å². The van der Waals surface area contributed by atoms with Gasteiger partial charge < -0.3 is 4.90 Å².